The van der Waals surface area contributed by atoms with Crippen LogP contribution < -0.4 is 9.27 Å². The average molecular weight is 384 g/mol. The summed E-state index contributed by atoms with van der Waals surface area (Å²) >= 11 is 19.0. The van der Waals surface area contributed by atoms with Crippen LogP contribution in [-0.2, 0) is 0 Å². The van der Waals surface area contributed by atoms with Crippen molar-refractivity contribution >= 4 is 63.4 Å². The van der Waals surface area contributed by atoms with Gasteiger partial charge in [-0.05, 0) is 41.4 Å². The van der Waals surface area contributed by atoms with Crippen LogP contribution in [0.3, 0.4) is 0 Å². The normalized spacial score (nSPS) is 10.4. The highest BCUT2D eigenvalue weighted by Crippen LogP contribution is 2.24. The number of anilines is 2. The van der Waals surface area contributed by atoms with Crippen LogP contribution in [0.2, 0.25) is 5.02 Å². The van der Waals surface area contributed by atoms with E-state index < -0.39 is 0 Å². The van der Waals surface area contributed by atoms with E-state index in [1.807, 2.05) is 58.6 Å². The Morgan fingerprint density at radius 1 is 1.04 bits per heavy atom. The van der Waals surface area contributed by atoms with Crippen molar-refractivity contribution in [1.29, 1.82) is 0 Å². The number of aromatic nitrogens is 2. The predicted molar refractivity (Wildman–Crippen MR) is 98.5 cm³/mol. The molecular weight excluding hydrogens is 373 g/mol. The fourth-order valence-corrected chi connectivity index (χ4v) is 3.27. The Kier molecular flexibility index (Phi) is 5.18. The second kappa shape index (κ2) is 7.32. The van der Waals surface area contributed by atoms with E-state index in [1.54, 1.807) is 6.20 Å². The van der Waals surface area contributed by atoms with Gasteiger partial charge in [0.1, 0.15) is 22.2 Å². The molecule has 0 radical (unpaired) electrons. The molecule has 3 rings (SSSR count). The lowest BCUT2D eigenvalue weighted by Gasteiger charge is -1.95. The van der Waals surface area contributed by atoms with Crippen molar-refractivity contribution in [2.75, 3.05) is 5.32 Å². The number of rotatable bonds is 4. The second-order valence-corrected chi connectivity index (χ2v) is 6.98. The summed E-state index contributed by atoms with van der Waals surface area (Å²) < 4.78 is 1.96. The third kappa shape index (κ3) is 4.24. The Balaban J connectivity index is 2.00. The number of hydrogen-bond donors (Lipinski definition) is 1. The van der Waals surface area contributed by atoms with Gasteiger partial charge in [0.2, 0.25) is 0 Å². The van der Waals surface area contributed by atoms with Gasteiger partial charge in [0.15, 0.2) is 0 Å². The molecule has 3 nitrogen and oxygen atoms in total. The molecule has 0 atom stereocenters. The molecular formula is C16H11Cl3N3S+. The molecule has 0 unspecified atom stereocenters. The van der Waals surface area contributed by atoms with Crippen molar-refractivity contribution in [1.82, 2.24) is 4.98 Å². The predicted octanol–water partition coefficient (Wildman–Crippen LogP) is 5.73. The minimum Gasteiger partial charge on any atom is -0.308 e. The maximum absolute atomic E-state index is 5.94. The molecule has 7 heteroatoms. The Labute approximate surface area is 152 Å². The van der Waals surface area contributed by atoms with Crippen LogP contribution in [0.1, 0.15) is 0 Å². The minimum absolute atomic E-state index is 0.153. The van der Waals surface area contributed by atoms with Crippen LogP contribution in [0.25, 0.3) is 17.6 Å². The number of nitrogens with one attached hydrogen (secondary N) is 1. The molecule has 116 valence electrons. The van der Waals surface area contributed by atoms with Crippen LogP contribution in [0, 0.1) is 0 Å². The van der Waals surface area contributed by atoms with Crippen LogP contribution in [0.15, 0.2) is 59.1 Å². The first-order chi connectivity index (χ1) is 11.1. The molecule has 0 saturated carbocycles. The van der Waals surface area contributed by atoms with E-state index >= 15 is 0 Å². The van der Waals surface area contributed by atoms with E-state index in [-0.39, 0.29) is 4.49 Å². The van der Waals surface area contributed by atoms with Gasteiger partial charge < -0.3 is 5.32 Å². The van der Waals surface area contributed by atoms with Crippen molar-refractivity contribution < 1.29 is 3.96 Å². The van der Waals surface area contributed by atoms with Crippen LogP contribution in [0.5, 0.6) is 0 Å². The lowest BCUT2D eigenvalue weighted by molar-refractivity contribution is -0.480. The van der Waals surface area contributed by atoms with Crippen molar-refractivity contribution in [3.8, 4) is 11.4 Å². The quantitative estimate of drug-likeness (QED) is 0.583. The van der Waals surface area contributed by atoms with E-state index in [0.717, 1.165) is 22.2 Å². The first kappa shape index (κ1) is 16.3. The Hall–Kier alpha value is -1.59. The van der Waals surface area contributed by atoms with E-state index in [0.29, 0.717) is 5.02 Å². The molecule has 0 aliphatic rings. The third-order valence-electron chi connectivity index (χ3n) is 2.94. The molecule has 3 aromatic rings. The maximum Gasteiger partial charge on any atom is 0.350 e. The number of halogens is 3. The van der Waals surface area contributed by atoms with Gasteiger partial charge in [-0.25, -0.2) is 0 Å². The van der Waals surface area contributed by atoms with Crippen LogP contribution >= 0.6 is 46.3 Å². The summed E-state index contributed by atoms with van der Waals surface area (Å²) in [7, 11) is 0. The standard InChI is InChI=1S/C16H10Cl3N3S/c17-12-8-6-11(7-9-12)15-21-16(23-22(15)10-14(18)19)20-13-4-2-1-3-5-13/h1-10H/p+1. The lowest BCUT2D eigenvalue weighted by atomic mass is 10.2. The maximum atomic E-state index is 5.94. The number of nitrogens with zero attached hydrogens (tertiary/aromatic N) is 2. The van der Waals surface area contributed by atoms with E-state index in [9.17, 15) is 0 Å². The number of benzene rings is 2. The fraction of sp³-hybridized carbons (Fsp3) is 0. The number of hydrogen-bond acceptors (Lipinski definition) is 3. The molecule has 0 aliphatic carbocycles. The van der Waals surface area contributed by atoms with Crippen LogP contribution in [0.4, 0.5) is 10.8 Å². The largest absolute Gasteiger partial charge is 0.350 e. The van der Waals surface area contributed by atoms with Gasteiger partial charge >= 0.3 is 11.0 Å². The molecule has 0 spiro atoms. The average Bonchev–Trinajstić information content (AvgIpc) is 2.90. The van der Waals surface area contributed by atoms with E-state index in [1.165, 1.54) is 11.5 Å². The molecule has 1 aromatic heterocycles. The van der Waals surface area contributed by atoms with Crippen LogP contribution in [-0.4, -0.2) is 4.98 Å². The first-order valence-electron chi connectivity index (χ1n) is 6.65. The molecule has 1 heterocycles. The van der Waals surface area contributed by atoms with Crippen molar-refractivity contribution in [2.45, 2.75) is 0 Å². The topological polar surface area (TPSA) is 28.8 Å². The second-order valence-electron chi connectivity index (χ2n) is 4.57. The molecule has 1 N–H and O–H groups in total. The summed E-state index contributed by atoms with van der Waals surface area (Å²) in [5.41, 5.74) is 1.87. The summed E-state index contributed by atoms with van der Waals surface area (Å²) in [5.74, 6) is 0.726. The van der Waals surface area contributed by atoms with E-state index in [2.05, 4.69) is 10.3 Å². The van der Waals surface area contributed by atoms with Gasteiger partial charge in [0, 0.05) is 10.7 Å². The highest BCUT2D eigenvalue weighted by atomic mass is 35.5. The molecule has 0 saturated heterocycles. The monoisotopic (exact) mass is 382 g/mol. The summed E-state index contributed by atoms with van der Waals surface area (Å²) in [6.45, 7) is 0. The molecule has 0 amide bonds. The summed E-state index contributed by atoms with van der Waals surface area (Å²) in [5, 5.41) is 4.66. The van der Waals surface area contributed by atoms with Crippen molar-refractivity contribution in [3.63, 3.8) is 0 Å². The van der Waals surface area contributed by atoms with Gasteiger partial charge in [-0.1, -0.05) is 53.0 Å². The molecule has 0 bridgehead atoms. The highest BCUT2D eigenvalue weighted by Gasteiger charge is 2.22. The van der Waals surface area contributed by atoms with Crippen molar-refractivity contribution in [3.05, 3.63) is 64.1 Å². The molecule has 0 aliphatic heterocycles. The van der Waals surface area contributed by atoms with Crippen molar-refractivity contribution in [2.24, 2.45) is 0 Å². The summed E-state index contributed by atoms with van der Waals surface area (Å²) in [4.78, 5) is 4.62. The summed E-state index contributed by atoms with van der Waals surface area (Å²) in [6, 6.07) is 17.2. The van der Waals surface area contributed by atoms with Gasteiger partial charge in [-0.2, -0.15) is 0 Å². The Morgan fingerprint density at radius 2 is 1.74 bits per heavy atom. The third-order valence-corrected chi connectivity index (χ3v) is 4.23. The van der Waals surface area contributed by atoms with Gasteiger partial charge in [-0.15, -0.1) is 3.96 Å². The molecule has 23 heavy (non-hydrogen) atoms. The summed E-state index contributed by atoms with van der Waals surface area (Å²) in [6.07, 6.45) is 1.61. The van der Waals surface area contributed by atoms with E-state index in [4.69, 9.17) is 34.8 Å². The lowest BCUT2D eigenvalue weighted by Crippen LogP contribution is -2.23. The minimum atomic E-state index is 0.153. The zero-order valence-electron chi connectivity index (χ0n) is 11.7. The smallest absolute Gasteiger partial charge is 0.308 e. The zero-order valence-corrected chi connectivity index (χ0v) is 14.8. The van der Waals surface area contributed by atoms with Gasteiger partial charge in [0.05, 0.1) is 5.56 Å². The first-order valence-corrected chi connectivity index (χ1v) is 8.56. The SMILES string of the molecule is ClC(Cl)=C[n+]1sc(Nc2ccccc2)nc1-c1ccc(Cl)cc1. The van der Waals surface area contributed by atoms with Gasteiger partial charge in [0.25, 0.3) is 0 Å². The number of para-hydroxylation sites is 1. The molecule has 0 fully saturated rings. The molecule has 2 aromatic carbocycles. The highest BCUT2D eigenvalue weighted by molar-refractivity contribution is 7.06. The Bertz CT molecular complexity index is 826. The van der Waals surface area contributed by atoms with Gasteiger partial charge in [-0.3, -0.25) is 0 Å². The zero-order chi connectivity index (χ0) is 16.2. The fourth-order valence-electron chi connectivity index (χ4n) is 1.96. The Morgan fingerprint density at radius 3 is 2.39 bits per heavy atom.